The zero-order valence-corrected chi connectivity index (χ0v) is 9.93. The summed E-state index contributed by atoms with van der Waals surface area (Å²) in [5.41, 5.74) is 6.17. The number of benzene rings is 1. The van der Waals surface area contributed by atoms with Crippen molar-refractivity contribution >= 4 is 11.4 Å². The zero-order valence-electron chi connectivity index (χ0n) is 9.93. The molecule has 0 amide bonds. The standard InChI is InChI=1S/C12H15N3O2/c1-14(2)8-4-3-5-10-6-7-11(13)12(9-10)15(16)17/h6-7,9H,4,8,13H2,1-2H3. The summed E-state index contributed by atoms with van der Waals surface area (Å²) >= 11 is 0. The Morgan fingerprint density at radius 3 is 2.76 bits per heavy atom. The van der Waals surface area contributed by atoms with Crippen LogP contribution in [0.15, 0.2) is 18.2 Å². The van der Waals surface area contributed by atoms with Gasteiger partial charge < -0.3 is 10.6 Å². The Labute approximate surface area is 100 Å². The molecule has 0 aromatic heterocycles. The molecule has 0 heterocycles. The maximum atomic E-state index is 10.7. The molecule has 17 heavy (non-hydrogen) atoms. The highest BCUT2D eigenvalue weighted by Gasteiger charge is 2.10. The monoisotopic (exact) mass is 233 g/mol. The van der Waals surface area contributed by atoms with E-state index in [-0.39, 0.29) is 11.4 Å². The van der Waals surface area contributed by atoms with Crippen molar-refractivity contribution in [3.8, 4) is 11.8 Å². The number of anilines is 1. The fourth-order valence-corrected chi connectivity index (χ4v) is 1.22. The molecule has 90 valence electrons. The van der Waals surface area contributed by atoms with Crippen LogP contribution in [0, 0.1) is 22.0 Å². The van der Waals surface area contributed by atoms with Gasteiger partial charge in [-0.3, -0.25) is 10.1 Å². The number of nitro benzene ring substituents is 1. The highest BCUT2D eigenvalue weighted by atomic mass is 16.6. The molecule has 0 aliphatic carbocycles. The van der Waals surface area contributed by atoms with Gasteiger partial charge in [-0.15, -0.1) is 0 Å². The van der Waals surface area contributed by atoms with Crippen molar-refractivity contribution in [3.05, 3.63) is 33.9 Å². The third-order valence-corrected chi connectivity index (χ3v) is 2.14. The first-order chi connectivity index (χ1) is 8.00. The molecule has 0 saturated carbocycles. The van der Waals surface area contributed by atoms with Gasteiger partial charge in [0.1, 0.15) is 5.69 Å². The Hall–Kier alpha value is -2.06. The minimum atomic E-state index is -0.500. The molecule has 1 rings (SSSR count). The van der Waals surface area contributed by atoms with Crippen LogP contribution < -0.4 is 5.73 Å². The molecule has 0 unspecified atom stereocenters. The van der Waals surface area contributed by atoms with E-state index in [1.54, 1.807) is 6.07 Å². The summed E-state index contributed by atoms with van der Waals surface area (Å²) in [5, 5.41) is 10.7. The summed E-state index contributed by atoms with van der Waals surface area (Å²) in [5.74, 6) is 5.85. The van der Waals surface area contributed by atoms with Crippen molar-refractivity contribution in [2.24, 2.45) is 0 Å². The van der Waals surface area contributed by atoms with Crippen LogP contribution >= 0.6 is 0 Å². The molecule has 0 fully saturated rings. The van der Waals surface area contributed by atoms with E-state index in [9.17, 15) is 10.1 Å². The minimum absolute atomic E-state index is 0.0931. The van der Waals surface area contributed by atoms with E-state index in [4.69, 9.17) is 5.73 Å². The normalized spacial score (nSPS) is 9.82. The van der Waals surface area contributed by atoms with Gasteiger partial charge in [0.15, 0.2) is 0 Å². The highest BCUT2D eigenvalue weighted by Crippen LogP contribution is 2.21. The topological polar surface area (TPSA) is 72.4 Å². The van der Waals surface area contributed by atoms with Gasteiger partial charge in [-0.05, 0) is 26.2 Å². The first-order valence-electron chi connectivity index (χ1n) is 5.18. The maximum absolute atomic E-state index is 10.7. The van der Waals surface area contributed by atoms with E-state index in [0.29, 0.717) is 5.56 Å². The molecule has 0 aliphatic heterocycles. The summed E-state index contributed by atoms with van der Waals surface area (Å²) in [6.07, 6.45) is 0.727. The fourth-order valence-electron chi connectivity index (χ4n) is 1.22. The summed E-state index contributed by atoms with van der Waals surface area (Å²) in [4.78, 5) is 12.2. The number of nitrogen functional groups attached to an aromatic ring is 1. The quantitative estimate of drug-likeness (QED) is 0.371. The van der Waals surface area contributed by atoms with Crippen LogP contribution in [0.4, 0.5) is 11.4 Å². The van der Waals surface area contributed by atoms with Gasteiger partial charge in [0.25, 0.3) is 5.69 Å². The van der Waals surface area contributed by atoms with Gasteiger partial charge in [0.05, 0.1) is 4.92 Å². The van der Waals surface area contributed by atoms with Crippen molar-refractivity contribution in [1.82, 2.24) is 4.90 Å². The van der Waals surface area contributed by atoms with Gasteiger partial charge in [0, 0.05) is 24.6 Å². The number of nitrogens with two attached hydrogens (primary N) is 1. The summed E-state index contributed by atoms with van der Waals surface area (Å²) in [6.45, 7) is 0.865. The molecular weight excluding hydrogens is 218 g/mol. The molecule has 2 N–H and O–H groups in total. The molecule has 0 saturated heterocycles. The fraction of sp³-hybridized carbons (Fsp3) is 0.333. The molecular formula is C12H15N3O2. The SMILES string of the molecule is CN(C)CCC#Cc1ccc(N)c([N+](=O)[O-])c1. The van der Waals surface area contributed by atoms with Gasteiger partial charge in [-0.1, -0.05) is 11.8 Å². The smallest absolute Gasteiger partial charge is 0.293 e. The summed E-state index contributed by atoms with van der Waals surface area (Å²) in [7, 11) is 3.94. The van der Waals surface area contributed by atoms with Gasteiger partial charge in [0.2, 0.25) is 0 Å². The second kappa shape index (κ2) is 5.87. The van der Waals surface area contributed by atoms with Crippen LogP contribution in [0.5, 0.6) is 0 Å². The third kappa shape index (κ3) is 4.13. The van der Waals surface area contributed by atoms with E-state index in [0.717, 1.165) is 13.0 Å². The van der Waals surface area contributed by atoms with E-state index < -0.39 is 4.92 Å². The van der Waals surface area contributed by atoms with Gasteiger partial charge in [-0.2, -0.15) is 0 Å². The Morgan fingerprint density at radius 2 is 2.18 bits per heavy atom. The van der Waals surface area contributed by atoms with Crippen LogP contribution in [0.25, 0.3) is 0 Å². The summed E-state index contributed by atoms with van der Waals surface area (Å²) < 4.78 is 0. The highest BCUT2D eigenvalue weighted by molar-refractivity contribution is 5.61. The average molecular weight is 233 g/mol. The van der Waals surface area contributed by atoms with Crippen LogP contribution in [0.2, 0.25) is 0 Å². The van der Waals surface area contributed by atoms with Crippen LogP contribution in [-0.2, 0) is 0 Å². The number of hydrogen-bond acceptors (Lipinski definition) is 4. The number of nitro groups is 1. The second-order valence-corrected chi connectivity index (χ2v) is 3.89. The lowest BCUT2D eigenvalue weighted by atomic mass is 10.2. The number of hydrogen-bond donors (Lipinski definition) is 1. The lowest BCUT2D eigenvalue weighted by Gasteiger charge is -2.04. The molecule has 0 aliphatic rings. The molecule has 1 aromatic carbocycles. The van der Waals surface area contributed by atoms with Crippen LogP contribution in [0.1, 0.15) is 12.0 Å². The van der Waals surface area contributed by atoms with Gasteiger partial charge >= 0.3 is 0 Å². The Morgan fingerprint density at radius 1 is 1.47 bits per heavy atom. The molecule has 0 radical (unpaired) electrons. The Bertz CT molecular complexity index is 472. The molecule has 5 nitrogen and oxygen atoms in total. The van der Waals surface area contributed by atoms with Crippen molar-refractivity contribution < 1.29 is 4.92 Å². The maximum Gasteiger partial charge on any atom is 0.293 e. The molecule has 0 atom stereocenters. The molecule has 5 heteroatoms. The molecule has 0 bridgehead atoms. The largest absolute Gasteiger partial charge is 0.393 e. The molecule has 1 aromatic rings. The minimum Gasteiger partial charge on any atom is -0.393 e. The van der Waals surface area contributed by atoms with Crippen LogP contribution in [-0.4, -0.2) is 30.5 Å². The van der Waals surface area contributed by atoms with Crippen molar-refractivity contribution in [2.45, 2.75) is 6.42 Å². The van der Waals surface area contributed by atoms with E-state index in [1.807, 2.05) is 19.0 Å². The first kappa shape index (κ1) is 13.0. The number of rotatable bonds is 3. The predicted molar refractivity (Wildman–Crippen MR) is 67.6 cm³/mol. The summed E-state index contributed by atoms with van der Waals surface area (Å²) in [6, 6.07) is 4.59. The Kier molecular flexibility index (Phi) is 4.49. The lowest BCUT2D eigenvalue weighted by Crippen LogP contribution is -2.11. The zero-order chi connectivity index (χ0) is 12.8. The van der Waals surface area contributed by atoms with Crippen molar-refractivity contribution in [3.63, 3.8) is 0 Å². The molecule has 0 spiro atoms. The Balaban J connectivity index is 2.79. The van der Waals surface area contributed by atoms with E-state index in [1.165, 1.54) is 12.1 Å². The third-order valence-electron chi connectivity index (χ3n) is 2.14. The van der Waals surface area contributed by atoms with Gasteiger partial charge in [-0.25, -0.2) is 0 Å². The van der Waals surface area contributed by atoms with E-state index >= 15 is 0 Å². The predicted octanol–water partition coefficient (Wildman–Crippen LogP) is 1.48. The number of nitrogens with zero attached hydrogens (tertiary/aromatic N) is 2. The first-order valence-corrected chi connectivity index (χ1v) is 5.18. The lowest BCUT2D eigenvalue weighted by molar-refractivity contribution is -0.383. The van der Waals surface area contributed by atoms with E-state index in [2.05, 4.69) is 11.8 Å². The van der Waals surface area contributed by atoms with Crippen molar-refractivity contribution in [1.29, 1.82) is 0 Å². The second-order valence-electron chi connectivity index (χ2n) is 3.89. The van der Waals surface area contributed by atoms with Crippen LogP contribution in [0.3, 0.4) is 0 Å². The van der Waals surface area contributed by atoms with Crippen molar-refractivity contribution in [2.75, 3.05) is 26.4 Å². The average Bonchev–Trinajstić information content (AvgIpc) is 2.25.